The Kier molecular flexibility index (Phi) is 4.39. The van der Waals surface area contributed by atoms with Crippen molar-refractivity contribution >= 4 is 11.6 Å². The van der Waals surface area contributed by atoms with Crippen molar-refractivity contribution in [1.82, 2.24) is 0 Å². The maximum absolute atomic E-state index is 13.4. The zero-order chi connectivity index (χ0) is 16.4. The summed E-state index contributed by atoms with van der Waals surface area (Å²) >= 11 is 0. The summed E-state index contributed by atoms with van der Waals surface area (Å²) in [6.07, 6.45) is -1.09. The number of nitrogens with one attached hydrogen (secondary N) is 1. The van der Waals surface area contributed by atoms with Gasteiger partial charge in [0, 0.05) is 11.3 Å². The summed E-state index contributed by atoms with van der Waals surface area (Å²) in [6.45, 7) is 0. The van der Waals surface area contributed by atoms with E-state index in [4.69, 9.17) is 0 Å². The Morgan fingerprint density at radius 1 is 0.864 bits per heavy atom. The summed E-state index contributed by atoms with van der Waals surface area (Å²) in [5.74, 6) is -12.5. The van der Waals surface area contributed by atoms with Gasteiger partial charge in [-0.1, -0.05) is 6.07 Å². The zero-order valence-electron chi connectivity index (χ0n) is 10.7. The molecular formula is C14H7F6NO. The first-order valence-corrected chi connectivity index (χ1v) is 5.87. The first-order valence-electron chi connectivity index (χ1n) is 5.87. The van der Waals surface area contributed by atoms with Gasteiger partial charge in [0.15, 0.2) is 23.3 Å². The number of amides is 1. The molecule has 1 N–H and O–H groups in total. The van der Waals surface area contributed by atoms with Crippen LogP contribution in [0.1, 0.15) is 5.56 Å². The molecule has 0 saturated carbocycles. The summed E-state index contributed by atoms with van der Waals surface area (Å²) in [4.78, 5) is 11.6. The fourth-order valence-corrected chi connectivity index (χ4v) is 1.74. The Morgan fingerprint density at radius 2 is 1.41 bits per heavy atom. The molecular weight excluding hydrogens is 312 g/mol. The van der Waals surface area contributed by atoms with Crippen LogP contribution in [0.15, 0.2) is 24.3 Å². The Morgan fingerprint density at radius 3 is 1.95 bits per heavy atom. The molecule has 2 aromatic carbocycles. The second kappa shape index (κ2) is 6.08. The Balaban J connectivity index is 2.26. The predicted octanol–water partition coefficient (Wildman–Crippen LogP) is 3.70. The van der Waals surface area contributed by atoms with Crippen LogP contribution in [0.4, 0.5) is 32.0 Å². The second-order valence-electron chi connectivity index (χ2n) is 4.28. The number of carbonyl (C=O) groups is 1. The molecule has 0 heterocycles. The van der Waals surface area contributed by atoms with Gasteiger partial charge in [-0.25, -0.2) is 26.3 Å². The van der Waals surface area contributed by atoms with Crippen molar-refractivity contribution in [2.75, 3.05) is 5.32 Å². The van der Waals surface area contributed by atoms with Gasteiger partial charge >= 0.3 is 0 Å². The second-order valence-corrected chi connectivity index (χ2v) is 4.28. The summed E-state index contributed by atoms with van der Waals surface area (Å²) < 4.78 is 78.6. The Hall–Kier alpha value is -2.51. The van der Waals surface area contributed by atoms with Gasteiger partial charge in [-0.2, -0.15) is 0 Å². The van der Waals surface area contributed by atoms with E-state index < -0.39 is 52.8 Å². The molecule has 0 unspecified atom stereocenters. The Bertz CT molecular complexity index is 717. The number of benzene rings is 2. The molecule has 2 aromatic rings. The van der Waals surface area contributed by atoms with Gasteiger partial charge in [0.2, 0.25) is 11.7 Å². The van der Waals surface area contributed by atoms with E-state index in [0.29, 0.717) is 0 Å². The Labute approximate surface area is 120 Å². The van der Waals surface area contributed by atoms with Crippen molar-refractivity contribution in [2.24, 2.45) is 0 Å². The van der Waals surface area contributed by atoms with E-state index in [1.807, 2.05) is 0 Å². The molecule has 2 rings (SSSR count). The lowest BCUT2D eigenvalue weighted by molar-refractivity contribution is -0.115. The number of hydrogen-bond acceptors (Lipinski definition) is 1. The molecule has 0 saturated heterocycles. The predicted molar refractivity (Wildman–Crippen MR) is 65.0 cm³/mol. The van der Waals surface area contributed by atoms with Gasteiger partial charge in [0.25, 0.3) is 0 Å². The van der Waals surface area contributed by atoms with Gasteiger partial charge in [-0.05, 0) is 18.2 Å². The molecule has 1 amide bonds. The molecule has 22 heavy (non-hydrogen) atoms. The SMILES string of the molecule is O=C(Cc1c(F)c(F)c(F)c(F)c1F)Nc1cccc(F)c1. The molecule has 0 bridgehead atoms. The monoisotopic (exact) mass is 319 g/mol. The van der Waals surface area contributed by atoms with Gasteiger partial charge in [-0.15, -0.1) is 0 Å². The summed E-state index contributed by atoms with van der Waals surface area (Å²) in [7, 11) is 0. The topological polar surface area (TPSA) is 29.1 Å². The maximum atomic E-state index is 13.4. The average molecular weight is 319 g/mol. The van der Waals surface area contributed by atoms with Crippen molar-refractivity contribution in [3.8, 4) is 0 Å². The molecule has 0 atom stereocenters. The maximum Gasteiger partial charge on any atom is 0.229 e. The van der Waals surface area contributed by atoms with Crippen molar-refractivity contribution in [3.05, 3.63) is 64.7 Å². The molecule has 0 aliphatic rings. The fraction of sp³-hybridized carbons (Fsp3) is 0.0714. The molecule has 0 radical (unpaired) electrons. The van der Waals surface area contributed by atoms with Gasteiger partial charge in [0.05, 0.1) is 6.42 Å². The number of hydrogen-bond donors (Lipinski definition) is 1. The van der Waals surface area contributed by atoms with E-state index >= 15 is 0 Å². The van der Waals surface area contributed by atoms with Gasteiger partial charge in [-0.3, -0.25) is 4.79 Å². The molecule has 0 aliphatic heterocycles. The number of halogens is 6. The van der Waals surface area contributed by atoms with Crippen molar-refractivity contribution in [3.63, 3.8) is 0 Å². The largest absolute Gasteiger partial charge is 0.326 e. The van der Waals surface area contributed by atoms with E-state index in [9.17, 15) is 31.1 Å². The lowest BCUT2D eigenvalue weighted by Crippen LogP contribution is -2.18. The van der Waals surface area contributed by atoms with E-state index in [0.717, 1.165) is 12.1 Å². The van der Waals surface area contributed by atoms with E-state index in [-0.39, 0.29) is 5.69 Å². The minimum Gasteiger partial charge on any atom is -0.326 e. The minimum absolute atomic E-state index is 0.0196. The lowest BCUT2D eigenvalue weighted by atomic mass is 10.1. The van der Waals surface area contributed by atoms with Crippen molar-refractivity contribution in [2.45, 2.75) is 6.42 Å². The van der Waals surface area contributed by atoms with Crippen LogP contribution in [0.25, 0.3) is 0 Å². The van der Waals surface area contributed by atoms with Gasteiger partial charge < -0.3 is 5.32 Å². The molecule has 0 aromatic heterocycles. The van der Waals surface area contributed by atoms with Crippen LogP contribution in [-0.4, -0.2) is 5.91 Å². The smallest absolute Gasteiger partial charge is 0.229 e. The van der Waals surface area contributed by atoms with Crippen LogP contribution in [0, 0.1) is 34.9 Å². The highest BCUT2D eigenvalue weighted by Crippen LogP contribution is 2.23. The summed E-state index contributed by atoms with van der Waals surface area (Å²) in [5, 5.41) is 2.09. The summed E-state index contributed by atoms with van der Waals surface area (Å²) in [5.41, 5.74) is -1.28. The fourth-order valence-electron chi connectivity index (χ4n) is 1.74. The highest BCUT2D eigenvalue weighted by atomic mass is 19.2. The first kappa shape index (κ1) is 15.9. The highest BCUT2D eigenvalue weighted by molar-refractivity contribution is 5.92. The third-order valence-electron chi connectivity index (χ3n) is 2.75. The molecule has 0 aliphatic carbocycles. The van der Waals surface area contributed by atoms with Crippen molar-refractivity contribution in [1.29, 1.82) is 0 Å². The quantitative estimate of drug-likeness (QED) is 0.522. The molecule has 8 heteroatoms. The average Bonchev–Trinajstić information content (AvgIpc) is 2.47. The normalized spacial score (nSPS) is 10.6. The standard InChI is InChI=1S/C14H7F6NO/c15-6-2-1-3-7(4-6)21-9(22)5-8-10(16)12(18)14(20)13(19)11(8)17/h1-4H,5H2,(H,21,22). The molecule has 0 spiro atoms. The molecule has 2 nitrogen and oxygen atoms in total. The molecule has 116 valence electrons. The van der Waals surface area contributed by atoms with Crippen LogP contribution in [0.3, 0.4) is 0 Å². The highest BCUT2D eigenvalue weighted by Gasteiger charge is 2.26. The third-order valence-corrected chi connectivity index (χ3v) is 2.75. The van der Waals surface area contributed by atoms with E-state index in [1.54, 1.807) is 0 Å². The third kappa shape index (κ3) is 3.05. The van der Waals surface area contributed by atoms with E-state index in [2.05, 4.69) is 5.32 Å². The van der Waals surface area contributed by atoms with E-state index in [1.165, 1.54) is 12.1 Å². The number of anilines is 1. The minimum atomic E-state index is -2.30. The molecule has 0 fully saturated rings. The van der Waals surface area contributed by atoms with Crippen LogP contribution in [0.5, 0.6) is 0 Å². The first-order chi connectivity index (χ1) is 10.3. The van der Waals surface area contributed by atoms with Crippen LogP contribution in [0.2, 0.25) is 0 Å². The van der Waals surface area contributed by atoms with Crippen LogP contribution < -0.4 is 5.32 Å². The van der Waals surface area contributed by atoms with Crippen LogP contribution in [-0.2, 0) is 11.2 Å². The van der Waals surface area contributed by atoms with Crippen molar-refractivity contribution < 1.29 is 31.1 Å². The number of rotatable bonds is 3. The lowest BCUT2D eigenvalue weighted by Gasteiger charge is -2.09. The van der Waals surface area contributed by atoms with Crippen LogP contribution >= 0.6 is 0 Å². The summed E-state index contributed by atoms with van der Waals surface area (Å²) in [6, 6.07) is 4.58. The number of carbonyl (C=O) groups excluding carboxylic acids is 1. The van der Waals surface area contributed by atoms with Gasteiger partial charge in [0.1, 0.15) is 5.82 Å². The zero-order valence-corrected chi connectivity index (χ0v) is 10.7.